The van der Waals surface area contributed by atoms with Crippen LogP contribution in [-0.2, 0) is 6.54 Å². The van der Waals surface area contributed by atoms with Crippen LogP contribution in [-0.4, -0.2) is 52.0 Å². The fourth-order valence-corrected chi connectivity index (χ4v) is 5.74. The standard InChI is InChI=1S/C32H39ClFN3O/c1-20(2)37(21(3)4)32(38)30-29(22(5)35-23(6)31(30)33)27-13-11-26(12-14-27)25-9-7-24(8-10-25)19-36-17-15-28(34)16-18-36/h7-14,20-21,28H,15-19H2,1-6H3. The molecule has 1 aliphatic heterocycles. The second-order valence-electron chi connectivity index (χ2n) is 11.0. The second-order valence-corrected chi connectivity index (χ2v) is 11.3. The highest BCUT2D eigenvalue weighted by Gasteiger charge is 2.29. The van der Waals surface area contributed by atoms with Crippen molar-refractivity contribution in [2.24, 2.45) is 0 Å². The lowest BCUT2D eigenvalue weighted by molar-refractivity contribution is 0.0644. The molecule has 0 unspecified atom stereocenters. The molecule has 0 saturated carbocycles. The lowest BCUT2D eigenvalue weighted by Gasteiger charge is -2.32. The van der Waals surface area contributed by atoms with Gasteiger partial charge in [-0.3, -0.25) is 14.7 Å². The van der Waals surface area contributed by atoms with E-state index in [-0.39, 0.29) is 18.0 Å². The number of halogens is 2. The first-order chi connectivity index (χ1) is 18.1. The molecule has 0 spiro atoms. The zero-order valence-corrected chi connectivity index (χ0v) is 24.1. The molecule has 0 atom stereocenters. The van der Waals surface area contributed by atoms with Crippen LogP contribution >= 0.6 is 11.6 Å². The summed E-state index contributed by atoms with van der Waals surface area (Å²) in [5, 5.41) is 0.414. The van der Waals surface area contributed by atoms with Gasteiger partial charge in [0.25, 0.3) is 5.91 Å². The van der Waals surface area contributed by atoms with Crippen LogP contribution in [0.5, 0.6) is 0 Å². The van der Waals surface area contributed by atoms with Gasteiger partial charge in [0.2, 0.25) is 0 Å². The highest BCUT2D eigenvalue weighted by molar-refractivity contribution is 6.35. The number of carbonyl (C=O) groups is 1. The Morgan fingerprint density at radius 1 is 0.921 bits per heavy atom. The van der Waals surface area contributed by atoms with Crippen LogP contribution in [0.25, 0.3) is 22.3 Å². The molecule has 0 aliphatic carbocycles. The third-order valence-electron chi connectivity index (χ3n) is 7.43. The smallest absolute Gasteiger partial charge is 0.256 e. The van der Waals surface area contributed by atoms with E-state index in [0.29, 0.717) is 29.1 Å². The molecule has 1 saturated heterocycles. The Morgan fingerprint density at radius 3 is 1.95 bits per heavy atom. The van der Waals surface area contributed by atoms with E-state index < -0.39 is 6.17 Å². The van der Waals surface area contributed by atoms with E-state index in [1.807, 2.05) is 58.6 Å². The molecule has 0 N–H and O–H groups in total. The predicted molar refractivity (Wildman–Crippen MR) is 155 cm³/mol. The van der Waals surface area contributed by atoms with Crippen molar-refractivity contribution in [3.8, 4) is 22.3 Å². The number of aromatic nitrogens is 1. The summed E-state index contributed by atoms with van der Waals surface area (Å²) in [4.78, 5) is 22.7. The van der Waals surface area contributed by atoms with Gasteiger partial charge >= 0.3 is 0 Å². The van der Waals surface area contributed by atoms with E-state index in [9.17, 15) is 9.18 Å². The Labute approximate surface area is 231 Å². The van der Waals surface area contributed by atoms with Gasteiger partial charge in [-0.05, 0) is 76.6 Å². The molecule has 1 amide bonds. The maximum atomic E-state index is 13.8. The molecule has 0 radical (unpaired) electrons. The van der Waals surface area contributed by atoms with Crippen LogP contribution in [0.15, 0.2) is 48.5 Å². The molecule has 38 heavy (non-hydrogen) atoms. The SMILES string of the molecule is Cc1nc(C)c(-c2ccc(-c3ccc(CN4CCC(F)CC4)cc3)cc2)c(C(=O)N(C(C)C)C(C)C)c1Cl. The molecular formula is C32H39ClFN3O. The largest absolute Gasteiger partial charge is 0.334 e. The van der Waals surface area contributed by atoms with Gasteiger partial charge in [0, 0.05) is 43.0 Å². The number of hydrogen-bond acceptors (Lipinski definition) is 3. The maximum absolute atomic E-state index is 13.8. The van der Waals surface area contributed by atoms with Crippen molar-refractivity contribution >= 4 is 17.5 Å². The third-order valence-corrected chi connectivity index (χ3v) is 7.89. The number of likely N-dealkylation sites (tertiary alicyclic amines) is 1. The molecule has 1 aliphatic rings. The van der Waals surface area contributed by atoms with Crippen LogP contribution in [0.2, 0.25) is 5.02 Å². The van der Waals surface area contributed by atoms with E-state index >= 15 is 0 Å². The molecule has 2 aromatic carbocycles. The first kappa shape index (κ1) is 28.3. The summed E-state index contributed by atoms with van der Waals surface area (Å²) in [5.74, 6) is -0.0704. The summed E-state index contributed by atoms with van der Waals surface area (Å²) >= 11 is 6.76. The minimum absolute atomic E-state index is 0.0427. The van der Waals surface area contributed by atoms with Gasteiger partial charge in [-0.25, -0.2) is 4.39 Å². The minimum atomic E-state index is -0.648. The highest BCUT2D eigenvalue weighted by Crippen LogP contribution is 2.36. The molecule has 4 rings (SSSR count). The van der Waals surface area contributed by atoms with Crippen LogP contribution < -0.4 is 0 Å². The predicted octanol–water partition coefficient (Wildman–Crippen LogP) is 7.88. The number of hydrogen-bond donors (Lipinski definition) is 0. The fraction of sp³-hybridized carbons (Fsp3) is 0.438. The second kappa shape index (κ2) is 12.0. The monoisotopic (exact) mass is 535 g/mol. The molecule has 1 aromatic heterocycles. The number of pyridine rings is 1. The summed E-state index contributed by atoms with van der Waals surface area (Å²) in [6, 6.07) is 16.9. The van der Waals surface area contributed by atoms with Crippen molar-refractivity contribution in [1.29, 1.82) is 0 Å². The average Bonchev–Trinajstić information content (AvgIpc) is 2.87. The van der Waals surface area contributed by atoms with Gasteiger partial charge in [0.05, 0.1) is 16.3 Å². The van der Waals surface area contributed by atoms with Gasteiger partial charge < -0.3 is 4.90 Å². The zero-order valence-electron chi connectivity index (χ0n) is 23.4. The zero-order chi connectivity index (χ0) is 27.6. The van der Waals surface area contributed by atoms with Crippen molar-refractivity contribution < 1.29 is 9.18 Å². The summed E-state index contributed by atoms with van der Waals surface area (Å²) in [6.45, 7) is 14.4. The van der Waals surface area contributed by atoms with E-state index in [4.69, 9.17) is 11.6 Å². The molecule has 2 heterocycles. The van der Waals surface area contributed by atoms with E-state index in [2.05, 4.69) is 46.3 Å². The summed E-state index contributed by atoms with van der Waals surface area (Å²) in [5.41, 5.74) is 7.14. The van der Waals surface area contributed by atoms with Crippen LogP contribution in [0.3, 0.4) is 0 Å². The molecule has 4 nitrogen and oxygen atoms in total. The van der Waals surface area contributed by atoms with Crippen LogP contribution in [0.1, 0.15) is 67.8 Å². The first-order valence-corrected chi connectivity index (χ1v) is 14.0. The highest BCUT2D eigenvalue weighted by atomic mass is 35.5. The summed E-state index contributed by atoms with van der Waals surface area (Å²) < 4.78 is 13.4. The van der Waals surface area contributed by atoms with E-state index in [1.54, 1.807) is 0 Å². The molecule has 1 fully saturated rings. The number of amides is 1. The Hall–Kier alpha value is -2.76. The number of aryl methyl sites for hydroxylation is 2. The number of rotatable bonds is 7. The lowest BCUT2D eigenvalue weighted by Crippen LogP contribution is -2.42. The van der Waals surface area contributed by atoms with Crippen molar-refractivity contribution in [3.63, 3.8) is 0 Å². The normalized spacial score (nSPS) is 14.9. The Balaban J connectivity index is 1.61. The number of alkyl halides is 1. The van der Waals surface area contributed by atoms with Gasteiger partial charge in [0.1, 0.15) is 6.17 Å². The third kappa shape index (κ3) is 6.10. The fourth-order valence-electron chi connectivity index (χ4n) is 5.53. The molecule has 3 aromatic rings. The molecular weight excluding hydrogens is 497 g/mol. The first-order valence-electron chi connectivity index (χ1n) is 13.6. The Bertz CT molecular complexity index is 1260. The average molecular weight is 536 g/mol. The van der Waals surface area contributed by atoms with E-state index in [0.717, 1.165) is 47.6 Å². The number of benzene rings is 2. The van der Waals surface area contributed by atoms with Crippen molar-refractivity contribution in [2.75, 3.05) is 13.1 Å². The van der Waals surface area contributed by atoms with Crippen LogP contribution in [0, 0.1) is 13.8 Å². The van der Waals surface area contributed by atoms with Gasteiger partial charge in [0.15, 0.2) is 0 Å². The Kier molecular flexibility index (Phi) is 8.89. The number of carbonyl (C=O) groups excluding carboxylic acids is 1. The molecule has 0 bridgehead atoms. The van der Waals surface area contributed by atoms with Crippen molar-refractivity contribution in [3.05, 3.63) is 76.1 Å². The number of piperidine rings is 1. The molecule has 6 heteroatoms. The summed E-state index contributed by atoms with van der Waals surface area (Å²) in [6.07, 6.45) is 0.614. The van der Waals surface area contributed by atoms with Crippen molar-refractivity contribution in [1.82, 2.24) is 14.8 Å². The maximum Gasteiger partial charge on any atom is 0.256 e. The van der Waals surface area contributed by atoms with Crippen LogP contribution in [0.4, 0.5) is 4.39 Å². The Morgan fingerprint density at radius 2 is 1.42 bits per heavy atom. The lowest BCUT2D eigenvalue weighted by atomic mass is 9.94. The number of nitrogens with zero attached hydrogens (tertiary/aromatic N) is 3. The quantitative estimate of drug-likeness (QED) is 0.309. The van der Waals surface area contributed by atoms with Crippen molar-refractivity contribution in [2.45, 2.75) is 79.2 Å². The van der Waals surface area contributed by atoms with Gasteiger partial charge in [-0.2, -0.15) is 0 Å². The minimum Gasteiger partial charge on any atom is -0.334 e. The van der Waals surface area contributed by atoms with Gasteiger partial charge in [-0.1, -0.05) is 60.1 Å². The van der Waals surface area contributed by atoms with E-state index in [1.165, 1.54) is 5.56 Å². The van der Waals surface area contributed by atoms with Gasteiger partial charge in [-0.15, -0.1) is 0 Å². The topological polar surface area (TPSA) is 36.4 Å². The summed E-state index contributed by atoms with van der Waals surface area (Å²) in [7, 11) is 0. The molecule has 202 valence electrons.